The van der Waals surface area contributed by atoms with Gasteiger partial charge in [-0.3, -0.25) is 28.8 Å². The molecule has 1 saturated heterocycles. The van der Waals surface area contributed by atoms with Gasteiger partial charge in [-0.15, -0.1) is 0 Å². The number of esters is 1. The summed E-state index contributed by atoms with van der Waals surface area (Å²) < 4.78 is 11.5. The number of rotatable bonds is 10. The van der Waals surface area contributed by atoms with Crippen molar-refractivity contribution in [3.05, 3.63) is 20.8 Å². The number of piperidine rings is 1. The van der Waals surface area contributed by atoms with Gasteiger partial charge in [0, 0.05) is 20.2 Å². The predicted octanol–water partition coefficient (Wildman–Crippen LogP) is 0.0293. The number of H-pyrrole nitrogens is 1. The normalized spacial score (nSPS) is 15.2. The fourth-order valence-electron chi connectivity index (χ4n) is 3.79. The number of hydrogen-bond donors (Lipinski definition) is 2. The summed E-state index contributed by atoms with van der Waals surface area (Å²) in [6.45, 7) is 7.76. The summed E-state index contributed by atoms with van der Waals surface area (Å²) in [6, 6.07) is 0. The molecule has 0 bridgehead atoms. The van der Waals surface area contributed by atoms with Gasteiger partial charge >= 0.3 is 11.7 Å². The van der Waals surface area contributed by atoms with Crippen molar-refractivity contribution < 1.29 is 19.1 Å². The molecule has 0 aliphatic carbocycles. The van der Waals surface area contributed by atoms with E-state index in [1.807, 2.05) is 18.7 Å². The average Bonchev–Trinajstić information content (AvgIpc) is 2.73. The summed E-state index contributed by atoms with van der Waals surface area (Å²) in [5.74, 6) is -0.630. The van der Waals surface area contributed by atoms with Gasteiger partial charge in [-0.1, -0.05) is 13.8 Å². The second-order valence-electron chi connectivity index (χ2n) is 8.34. The monoisotopic (exact) mass is 453 g/mol. The minimum Gasteiger partial charge on any atom is -0.466 e. The lowest BCUT2D eigenvalue weighted by Crippen LogP contribution is -2.48. The largest absolute Gasteiger partial charge is 0.466 e. The lowest BCUT2D eigenvalue weighted by molar-refractivity contribution is -0.149. The molecule has 3 N–H and O–H groups in total. The molecule has 180 valence electrons. The van der Waals surface area contributed by atoms with E-state index >= 15 is 0 Å². The molecule has 1 aromatic heterocycles. The van der Waals surface area contributed by atoms with Crippen LogP contribution in [-0.4, -0.2) is 72.8 Å². The summed E-state index contributed by atoms with van der Waals surface area (Å²) in [6.07, 6.45) is 1.21. The van der Waals surface area contributed by atoms with Crippen molar-refractivity contribution in [2.75, 3.05) is 57.1 Å². The number of nitrogens with two attached hydrogens (primary N) is 1. The van der Waals surface area contributed by atoms with Gasteiger partial charge in [0.25, 0.3) is 5.56 Å². The summed E-state index contributed by atoms with van der Waals surface area (Å²) >= 11 is 0. The van der Waals surface area contributed by atoms with Gasteiger partial charge in [-0.25, -0.2) is 4.79 Å². The topological polar surface area (TPSA) is 140 Å². The number of amides is 1. The maximum Gasteiger partial charge on any atom is 0.330 e. The molecule has 2 rings (SSSR count). The van der Waals surface area contributed by atoms with E-state index in [1.165, 1.54) is 16.6 Å². The highest BCUT2D eigenvalue weighted by Crippen LogP contribution is 2.21. The van der Waals surface area contributed by atoms with Crippen molar-refractivity contribution in [3.8, 4) is 0 Å². The molecule has 1 amide bonds. The van der Waals surface area contributed by atoms with Gasteiger partial charge in [0.05, 0.1) is 25.7 Å². The molecule has 11 nitrogen and oxygen atoms in total. The van der Waals surface area contributed by atoms with Crippen molar-refractivity contribution in [2.45, 2.75) is 40.2 Å². The number of carbonyl (C=O) groups is 2. The lowest BCUT2D eigenvalue weighted by atomic mass is 9.97. The second-order valence-corrected chi connectivity index (χ2v) is 8.34. The Morgan fingerprint density at radius 2 is 1.91 bits per heavy atom. The molecule has 0 aromatic carbocycles. The van der Waals surface area contributed by atoms with Gasteiger partial charge in [0.2, 0.25) is 5.91 Å². The highest BCUT2D eigenvalue weighted by molar-refractivity contribution is 5.96. The highest BCUT2D eigenvalue weighted by atomic mass is 16.5. The first-order chi connectivity index (χ1) is 15.2. The summed E-state index contributed by atoms with van der Waals surface area (Å²) in [4.78, 5) is 55.5. The number of carbonyl (C=O) groups excluding carboxylic acids is 2. The van der Waals surface area contributed by atoms with Crippen LogP contribution in [0.4, 0.5) is 11.5 Å². The molecule has 0 spiro atoms. The van der Waals surface area contributed by atoms with Crippen LogP contribution in [-0.2, 0) is 25.6 Å². The standard InChI is InChI=1S/C21H35N5O6/c1-5-32-20(29)15-6-8-24(9-7-15)13-16(27)25(10-11-31-4)17-18(22)26(12-14(2)3)21(30)23-19(17)28/h14-15H,5-13,22H2,1-4H3,(H,23,28,30). The van der Waals surface area contributed by atoms with Gasteiger partial charge in [0.1, 0.15) is 5.82 Å². The van der Waals surface area contributed by atoms with E-state index in [0.717, 1.165) is 0 Å². The SMILES string of the molecule is CCOC(=O)C1CCN(CC(=O)N(CCOC)c2c(N)n(CC(C)C)c(=O)[nH]c2=O)CC1. The van der Waals surface area contributed by atoms with E-state index in [4.69, 9.17) is 15.2 Å². The van der Waals surface area contributed by atoms with E-state index in [0.29, 0.717) is 39.1 Å². The van der Waals surface area contributed by atoms with Crippen molar-refractivity contribution in [3.63, 3.8) is 0 Å². The second kappa shape index (κ2) is 11.8. The number of methoxy groups -OCH3 is 1. The van der Waals surface area contributed by atoms with Crippen molar-refractivity contribution in [1.29, 1.82) is 0 Å². The fraction of sp³-hybridized carbons (Fsp3) is 0.714. The number of likely N-dealkylation sites (tertiary alicyclic amines) is 1. The van der Waals surface area contributed by atoms with Crippen molar-refractivity contribution in [2.24, 2.45) is 11.8 Å². The fourth-order valence-corrected chi connectivity index (χ4v) is 3.79. The molecule has 2 heterocycles. The molecule has 11 heteroatoms. The lowest BCUT2D eigenvalue weighted by Gasteiger charge is -2.32. The van der Waals surface area contributed by atoms with E-state index in [2.05, 4.69) is 4.98 Å². The van der Waals surface area contributed by atoms with Crippen molar-refractivity contribution in [1.82, 2.24) is 14.5 Å². The number of aromatic nitrogens is 2. The Labute approximate surface area is 187 Å². The number of nitrogens with one attached hydrogen (secondary N) is 1. The quantitative estimate of drug-likeness (QED) is 0.473. The van der Waals surface area contributed by atoms with Gasteiger partial charge in [0.15, 0.2) is 5.69 Å². The maximum atomic E-state index is 13.2. The van der Waals surface area contributed by atoms with Crippen LogP contribution in [0.1, 0.15) is 33.6 Å². The Morgan fingerprint density at radius 1 is 1.25 bits per heavy atom. The Kier molecular flexibility index (Phi) is 9.45. The van der Waals surface area contributed by atoms with Gasteiger partial charge in [-0.2, -0.15) is 0 Å². The molecule has 1 aliphatic rings. The first-order valence-electron chi connectivity index (χ1n) is 11.0. The van der Waals surface area contributed by atoms with Crippen LogP contribution < -0.4 is 21.9 Å². The Morgan fingerprint density at radius 3 is 2.47 bits per heavy atom. The molecule has 0 atom stereocenters. The minimum absolute atomic E-state index is 0.0436. The Balaban J connectivity index is 2.22. The number of aromatic amines is 1. The third-order valence-corrected chi connectivity index (χ3v) is 5.42. The molecule has 1 fully saturated rings. The van der Waals surface area contributed by atoms with E-state index < -0.39 is 11.2 Å². The number of nitrogen functional groups attached to an aromatic ring is 1. The van der Waals surface area contributed by atoms with Gasteiger partial charge < -0.3 is 20.1 Å². The molecule has 0 radical (unpaired) electrons. The maximum absolute atomic E-state index is 13.2. The van der Waals surface area contributed by atoms with Crippen LogP contribution in [0.15, 0.2) is 9.59 Å². The molecule has 1 aliphatic heterocycles. The summed E-state index contributed by atoms with van der Waals surface area (Å²) in [5.41, 5.74) is 4.84. The zero-order valence-electron chi connectivity index (χ0n) is 19.4. The predicted molar refractivity (Wildman–Crippen MR) is 121 cm³/mol. The molecule has 0 unspecified atom stereocenters. The minimum atomic E-state index is -0.710. The molecular weight excluding hydrogens is 418 g/mol. The Hall–Kier alpha value is -2.66. The summed E-state index contributed by atoms with van der Waals surface area (Å²) in [7, 11) is 1.50. The van der Waals surface area contributed by atoms with Crippen LogP contribution in [0.2, 0.25) is 0 Å². The van der Waals surface area contributed by atoms with Crippen LogP contribution in [0.25, 0.3) is 0 Å². The Bertz CT molecular complexity index is 901. The molecular formula is C21H35N5O6. The third-order valence-electron chi connectivity index (χ3n) is 5.42. The average molecular weight is 454 g/mol. The van der Waals surface area contributed by atoms with Crippen molar-refractivity contribution >= 4 is 23.4 Å². The van der Waals surface area contributed by atoms with Crippen LogP contribution in [0, 0.1) is 11.8 Å². The van der Waals surface area contributed by atoms with E-state index in [-0.39, 0.29) is 54.9 Å². The number of hydrogen-bond acceptors (Lipinski definition) is 8. The third kappa shape index (κ3) is 6.42. The summed E-state index contributed by atoms with van der Waals surface area (Å²) in [5, 5.41) is 0. The zero-order valence-corrected chi connectivity index (χ0v) is 19.4. The smallest absolute Gasteiger partial charge is 0.330 e. The molecule has 1 aromatic rings. The van der Waals surface area contributed by atoms with E-state index in [1.54, 1.807) is 6.92 Å². The zero-order chi connectivity index (χ0) is 23.8. The molecule has 32 heavy (non-hydrogen) atoms. The van der Waals surface area contributed by atoms with Crippen LogP contribution in [0.3, 0.4) is 0 Å². The number of anilines is 2. The number of nitrogens with zero attached hydrogens (tertiary/aromatic N) is 3. The van der Waals surface area contributed by atoms with Gasteiger partial charge in [-0.05, 0) is 38.8 Å². The number of ether oxygens (including phenoxy) is 2. The molecule has 0 saturated carbocycles. The highest BCUT2D eigenvalue weighted by Gasteiger charge is 2.30. The van der Waals surface area contributed by atoms with Crippen LogP contribution in [0.5, 0.6) is 0 Å². The first-order valence-corrected chi connectivity index (χ1v) is 11.0. The van der Waals surface area contributed by atoms with Crippen LogP contribution >= 0.6 is 0 Å². The van der Waals surface area contributed by atoms with E-state index in [9.17, 15) is 19.2 Å². The first kappa shape index (κ1) is 25.6.